The van der Waals surface area contributed by atoms with Crippen molar-refractivity contribution >= 4 is 29.2 Å². The second-order valence-electron chi connectivity index (χ2n) is 5.69. The predicted molar refractivity (Wildman–Crippen MR) is 103 cm³/mol. The third kappa shape index (κ3) is 4.86. The fourth-order valence-electron chi connectivity index (χ4n) is 2.38. The molecule has 1 heterocycles. The lowest BCUT2D eigenvalue weighted by molar-refractivity contribution is 0.303. The van der Waals surface area contributed by atoms with Crippen LogP contribution in [0.2, 0.25) is 10.0 Å². The number of halogens is 2. The summed E-state index contributed by atoms with van der Waals surface area (Å²) in [6.07, 6.45) is 0.949. The largest absolute Gasteiger partial charge is 0.488 e. The molecule has 0 aliphatic rings. The molecule has 0 amide bonds. The summed E-state index contributed by atoms with van der Waals surface area (Å²) in [7, 11) is 0. The molecule has 0 unspecified atom stereocenters. The number of aryl methyl sites for hydroxylation is 1. The Hall–Kier alpha value is -2.31. The Morgan fingerprint density at radius 1 is 1.12 bits per heavy atom. The van der Waals surface area contributed by atoms with Crippen molar-refractivity contribution in [1.82, 2.24) is 20.2 Å². The Bertz CT molecular complexity index is 868. The third-order valence-corrected chi connectivity index (χ3v) is 4.28. The van der Waals surface area contributed by atoms with E-state index in [9.17, 15) is 0 Å². The highest BCUT2D eigenvalue weighted by Gasteiger charge is 2.09. The van der Waals surface area contributed by atoms with Gasteiger partial charge in [0.2, 0.25) is 0 Å². The lowest BCUT2D eigenvalue weighted by atomic mass is 10.2. The van der Waals surface area contributed by atoms with E-state index in [1.807, 2.05) is 36.4 Å². The normalized spacial score (nSPS) is 10.7. The van der Waals surface area contributed by atoms with Crippen molar-refractivity contribution in [3.63, 3.8) is 0 Å². The van der Waals surface area contributed by atoms with Gasteiger partial charge in [-0.15, -0.1) is 5.10 Å². The van der Waals surface area contributed by atoms with Gasteiger partial charge in [0.15, 0.2) is 0 Å². The Morgan fingerprint density at radius 2 is 1.96 bits per heavy atom. The second kappa shape index (κ2) is 8.87. The smallest absolute Gasteiger partial charge is 0.263 e. The highest BCUT2D eigenvalue weighted by molar-refractivity contribution is 6.31. The number of anilines is 1. The lowest BCUT2D eigenvalue weighted by Crippen LogP contribution is -2.06. The molecule has 0 bridgehead atoms. The summed E-state index contributed by atoms with van der Waals surface area (Å²) in [6.45, 7) is 3.64. The molecule has 8 heteroatoms. The first-order chi connectivity index (χ1) is 12.7. The van der Waals surface area contributed by atoms with E-state index < -0.39 is 0 Å². The molecule has 0 radical (unpaired) electrons. The molecule has 0 fully saturated rings. The molecule has 0 aliphatic heterocycles. The molecular formula is C18H19Cl2N5O. The predicted octanol–water partition coefficient (Wildman–Crippen LogP) is 4.58. The van der Waals surface area contributed by atoms with Gasteiger partial charge in [-0.3, -0.25) is 0 Å². The first-order valence-electron chi connectivity index (χ1n) is 8.32. The molecule has 0 atom stereocenters. The molecule has 0 saturated carbocycles. The zero-order valence-electron chi connectivity index (χ0n) is 14.3. The van der Waals surface area contributed by atoms with Gasteiger partial charge in [-0.1, -0.05) is 53.4 Å². The quantitative estimate of drug-likeness (QED) is 0.608. The van der Waals surface area contributed by atoms with E-state index in [0.29, 0.717) is 29.1 Å². The number of benzene rings is 2. The van der Waals surface area contributed by atoms with Crippen LogP contribution in [0.15, 0.2) is 42.5 Å². The number of ether oxygens (including phenoxy) is 1. The van der Waals surface area contributed by atoms with Crippen LogP contribution in [0.3, 0.4) is 0 Å². The van der Waals surface area contributed by atoms with Gasteiger partial charge >= 0.3 is 0 Å². The van der Waals surface area contributed by atoms with Gasteiger partial charge in [-0.25, -0.2) is 0 Å². The van der Waals surface area contributed by atoms with E-state index in [2.05, 4.69) is 27.7 Å². The molecule has 3 aromatic rings. The summed E-state index contributed by atoms with van der Waals surface area (Å²) in [6, 6.07) is 13.1. The van der Waals surface area contributed by atoms with Crippen LogP contribution in [-0.2, 0) is 19.7 Å². The van der Waals surface area contributed by atoms with Crippen LogP contribution in [0.1, 0.15) is 24.5 Å². The van der Waals surface area contributed by atoms with Crippen LogP contribution in [0, 0.1) is 0 Å². The van der Waals surface area contributed by atoms with E-state index in [4.69, 9.17) is 27.9 Å². The van der Waals surface area contributed by atoms with Gasteiger partial charge in [0, 0.05) is 27.7 Å². The fraction of sp³-hybridized carbons (Fsp3) is 0.278. The minimum absolute atomic E-state index is 0.374. The minimum atomic E-state index is 0.374. The molecule has 0 spiro atoms. The summed E-state index contributed by atoms with van der Waals surface area (Å²) in [4.78, 5) is 1.56. The van der Waals surface area contributed by atoms with Gasteiger partial charge in [-0.05, 0) is 35.9 Å². The van der Waals surface area contributed by atoms with Crippen LogP contribution < -0.4 is 10.1 Å². The number of rotatable bonds is 8. The van der Waals surface area contributed by atoms with Crippen molar-refractivity contribution in [1.29, 1.82) is 0 Å². The number of hydrogen-bond donors (Lipinski definition) is 1. The standard InChI is InChI=1S/C18H19Cl2N5O/c1-2-9-25-23-18(22-24-25)21-11-14-10-15(19)7-8-17(14)26-12-13-5-3-4-6-16(13)20/h3-8,10H,2,9,11-12H2,1H3,(H,21,23). The fourth-order valence-corrected chi connectivity index (χ4v) is 2.77. The van der Waals surface area contributed by atoms with Gasteiger partial charge < -0.3 is 10.1 Å². The van der Waals surface area contributed by atoms with E-state index in [1.165, 1.54) is 0 Å². The Kier molecular flexibility index (Phi) is 6.30. The maximum absolute atomic E-state index is 6.19. The Balaban J connectivity index is 1.68. The van der Waals surface area contributed by atoms with Gasteiger partial charge in [0.25, 0.3) is 5.95 Å². The van der Waals surface area contributed by atoms with Crippen molar-refractivity contribution in [2.45, 2.75) is 33.0 Å². The number of tetrazole rings is 1. The van der Waals surface area contributed by atoms with Crippen molar-refractivity contribution in [2.75, 3.05) is 5.32 Å². The zero-order chi connectivity index (χ0) is 18.4. The van der Waals surface area contributed by atoms with E-state index >= 15 is 0 Å². The molecule has 0 aliphatic carbocycles. The lowest BCUT2D eigenvalue weighted by Gasteiger charge is -2.13. The monoisotopic (exact) mass is 391 g/mol. The van der Waals surface area contributed by atoms with Gasteiger partial charge in [0.1, 0.15) is 12.4 Å². The van der Waals surface area contributed by atoms with Crippen LogP contribution in [0.25, 0.3) is 0 Å². The number of nitrogens with one attached hydrogen (secondary N) is 1. The highest BCUT2D eigenvalue weighted by atomic mass is 35.5. The topological polar surface area (TPSA) is 64.9 Å². The van der Waals surface area contributed by atoms with Crippen LogP contribution in [0.4, 0.5) is 5.95 Å². The van der Waals surface area contributed by atoms with Crippen molar-refractivity contribution in [3.05, 3.63) is 63.6 Å². The van der Waals surface area contributed by atoms with E-state index in [0.717, 1.165) is 29.8 Å². The average Bonchev–Trinajstić information content (AvgIpc) is 3.08. The molecule has 2 aromatic carbocycles. The average molecular weight is 392 g/mol. The van der Waals surface area contributed by atoms with Crippen molar-refractivity contribution in [2.24, 2.45) is 0 Å². The second-order valence-corrected chi connectivity index (χ2v) is 6.54. The zero-order valence-corrected chi connectivity index (χ0v) is 15.8. The van der Waals surface area contributed by atoms with Crippen LogP contribution >= 0.6 is 23.2 Å². The number of aromatic nitrogens is 4. The molecule has 26 heavy (non-hydrogen) atoms. The molecule has 1 aromatic heterocycles. The molecule has 3 rings (SSSR count). The molecule has 136 valence electrons. The summed E-state index contributed by atoms with van der Waals surface area (Å²) in [5, 5.41) is 16.7. The maximum atomic E-state index is 6.19. The van der Waals surface area contributed by atoms with Crippen molar-refractivity contribution < 1.29 is 4.74 Å². The Labute approximate surface area is 162 Å². The number of hydrogen-bond acceptors (Lipinski definition) is 5. The first-order valence-corrected chi connectivity index (χ1v) is 9.07. The van der Waals surface area contributed by atoms with Crippen LogP contribution in [-0.4, -0.2) is 20.2 Å². The van der Waals surface area contributed by atoms with Gasteiger partial charge in [0.05, 0.1) is 6.54 Å². The SMILES string of the molecule is CCCn1nnc(NCc2cc(Cl)ccc2OCc2ccccc2Cl)n1. The summed E-state index contributed by atoms with van der Waals surface area (Å²) >= 11 is 12.3. The molecular weight excluding hydrogens is 373 g/mol. The first kappa shape index (κ1) is 18.5. The summed E-state index contributed by atoms with van der Waals surface area (Å²) < 4.78 is 5.95. The third-order valence-electron chi connectivity index (χ3n) is 3.68. The summed E-state index contributed by atoms with van der Waals surface area (Å²) in [5.41, 5.74) is 1.82. The Morgan fingerprint density at radius 3 is 2.77 bits per heavy atom. The van der Waals surface area contributed by atoms with E-state index in [-0.39, 0.29) is 0 Å². The van der Waals surface area contributed by atoms with Crippen LogP contribution in [0.5, 0.6) is 5.75 Å². The number of nitrogens with zero attached hydrogens (tertiary/aromatic N) is 4. The minimum Gasteiger partial charge on any atom is -0.488 e. The molecule has 0 saturated heterocycles. The highest BCUT2D eigenvalue weighted by Crippen LogP contribution is 2.25. The summed E-state index contributed by atoms with van der Waals surface area (Å²) in [5.74, 6) is 1.19. The van der Waals surface area contributed by atoms with Gasteiger partial charge in [-0.2, -0.15) is 4.80 Å². The maximum Gasteiger partial charge on any atom is 0.263 e. The van der Waals surface area contributed by atoms with E-state index in [1.54, 1.807) is 10.9 Å². The molecule has 6 nitrogen and oxygen atoms in total. The van der Waals surface area contributed by atoms with Crippen molar-refractivity contribution in [3.8, 4) is 5.75 Å². The molecule has 1 N–H and O–H groups in total.